The van der Waals surface area contributed by atoms with Gasteiger partial charge < -0.3 is 15.4 Å². The molecule has 128 valence electrons. The number of rotatable bonds is 7. The zero-order chi connectivity index (χ0) is 16.8. The highest BCUT2D eigenvalue weighted by Crippen LogP contribution is 2.22. The molecular weight excluding hydrogens is 300 g/mol. The van der Waals surface area contributed by atoms with E-state index in [1.165, 1.54) is 0 Å². The summed E-state index contributed by atoms with van der Waals surface area (Å²) in [7, 11) is 0. The normalized spacial score (nSPS) is 18.3. The molecule has 2 aromatic rings. The molecule has 1 aliphatic rings. The lowest BCUT2D eigenvalue weighted by atomic mass is 10.1. The second-order valence-electron chi connectivity index (χ2n) is 6.30. The summed E-state index contributed by atoms with van der Waals surface area (Å²) in [6.07, 6.45) is 3.57. The van der Waals surface area contributed by atoms with Crippen molar-refractivity contribution in [3.8, 4) is 11.3 Å². The Labute approximate surface area is 143 Å². The van der Waals surface area contributed by atoms with Gasteiger partial charge in [-0.3, -0.25) is 0 Å². The van der Waals surface area contributed by atoms with Crippen molar-refractivity contribution < 1.29 is 4.74 Å². The van der Waals surface area contributed by atoms with Crippen LogP contribution in [0.25, 0.3) is 11.3 Å². The van der Waals surface area contributed by atoms with Crippen molar-refractivity contribution >= 4 is 11.8 Å². The van der Waals surface area contributed by atoms with E-state index in [2.05, 4.69) is 46.6 Å². The van der Waals surface area contributed by atoms with Gasteiger partial charge in [-0.1, -0.05) is 37.3 Å². The molecule has 1 saturated heterocycles. The lowest BCUT2D eigenvalue weighted by Gasteiger charge is -2.16. The Morgan fingerprint density at radius 1 is 1.25 bits per heavy atom. The SMILES string of the molecule is CC[C@H](C)Nc1nc(NC[C@H]2CCCO2)cc(-c2ccccc2)n1. The van der Waals surface area contributed by atoms with Gasteiger partial charge in [-0.25, -0.2) is 4.98 Å². The van der Waals surface area contributed by atoms with Crippen molar-refractivity contribution in [1.82, 2.24) is 9.97 Å². The quantitative estimate of drug-likeness (QED) is 0.807. The fraction of sp³-hybridized carbons (Fsp3) is 0.474. The zero-order valence-electron chi connectivity index (χ0n) is 14.5. The number of hydrogen-bond acceptors (Lipinski definition) is 5. The zero-order valence-corrected chi connectivity index (χ0v) is 14.5. The summed E-state index contributed by atoms with van der Waals surface area (Å²) in [5, 5.41) is 6.79. The van der Waals surface area contributed by atoms with Gasteiger partial charge in [-0.2, -0.15) is 4.98 Å². The van der Waals surface area contributed by atoms with Gasteiger partial charge in [0.25, 0.3) is 0 Å². The van der Waals surface area contributed by atoms with Crippen molar-refractivity contribution in [1.29, 1.82) is 0 Å². The van der Waals surface area contributed by atoms with E-state index in [0.717, 1.165) is 49.5 Å². The lowest BCUT2D eigenvalue weighted by Crippen LogP contribution is -2.20. The van der Waals surface area contributed by atoms with Crippen LogP contribution in [0.4, 0.5) is 11.8 Å². The van der Waals surface area contributed by atoms with E-state index in [1.54, 1.807) is 0 Å². The molecule has 0 amide bonds. The van der Waals surface area contributed by atoms with Crippen LogP contribution in [0.15, 0.2) is 36.4 Å². The number of benzene rings is 1. The summed E-state index contributed by atoms with van der Waals surface area (Å²) in [5.74, 6) is 1.51. The molecule has 1 aromatic carbocycles. The first-order chi connectivity index (χ1) is 11.7. The molecule has 1 aromatic heterocycles. The van der Waals surface area contributed by atoms with E-state index >= 15 is 0 Å². The Kier molecular flexibility index (Phi) is 5.64. The van der Waals surface area contributed by atoms with Crippen LogP contribution in [0.1, 0.15) is 33.1 Å². The Hall–Kier alpha value is -2.14. The predicted molar refractivity (Wildman–Crippen MR) is 98.3 cm³/mol. The van der Waals surface area contributed by atoms with Gasteiger partial charge in [0.15, 0.2) is 0 Å². The molecule has 0 saturated carbocycles. The molecule has 2 N–H and O–H groups in total. The number of nitrogens with zero attached hydrogens (tertiary/aromatic N) is 2. The van der Waals surface area contributed by atoms with Crippen LogP contribution in [0.2, 0.25) is 0 Å². The highest BCUT2D eigenvalue weighted by molar-refractivity contribution is 5.64. The Balaban J connectivity index is 1.81. The number of nitrogens with one attached hydrogen (secondary N) is 2. The first-order valence-corrected chi connectivity index (χ1v) is 8.81. The van der Waals surface area contributed by atoms with Gasteiger partial charge in [-0.15, -0.1) is 0 Å². The standard InChI is InChI=1S/C19H26N4O/c1-3-14(2)21-19-22-17(15-8-5-4-6-9-15)12-18(23-19)20-13-16-10-7-11-24-16/h4-6,8-9,12,14,16H,3,7,10-11,13H2,1-2H3,(H2,20,21,22,23)/t14-,16+/m0/s1. The topological polar surface area (TPSA) is 59.1 Å². The summed E-state index contributed by atoms with van der Waals surface area (Å²) in [6, 6.07) is 12.5. The summed E-state index contributed by atoms with van der Waals surface area (Å²) in [4.78, 5) is 9.30. The molecule has 1 fully saturated rings. The third-order valence-corrected chi connectivity index (χ3v) is 4.32. The van der Waals surface area contributed by atoms with Gasteiger partial charge >= 0.3 is 0 Å². The number of ether oxygens (including phenoxy) is 1. The predicted octanol–water partition coefficient (Wildman–Crippen LogP) is 3.94. The van der Waals surface area contributed by atoms with Crippen molar-refractivity contribution in [3.63, 3.8) is 0 Å². The third kappa shape index (κ3) is 4.45. The van der Waals surface area contributed by atoms with Gasteiger partial charge in [0.2, 0.25) is 5.95 Å². The number of hydrogen-bond donors (Lipinski definition) is 2. The van der Waals surface area contributed by atoms with Gasteiger partial charge in [0.1, 0.15) is 5.82 Å². The summed E-state index contributed by atoms with van der Waals surface area (Å²) in [5.41, 5.74) is 2.01. The largest absolute Gasteiger partial charge is 0.376 e. The minimum Gasteiger partial charge on any atom is -0.376 e. The molecule has 2 heterocycles. The molecule has 0 bridgehead atoms. The average Bonchev–Trinajstić information content (AvgIpc) is 3.14. The molecule has 0 unspecified atom stereocenters. The fourth-order valence-corrected chi connectivity index (χ4v) is 2.71. The molecule has 0 radical (unpaired) electrons. The first kappa shape index (κ1) is 16.7. The van der Waals surface area contributed by atoms with E-state index in [9.17, 15) is 0 Å². The highest BCUT2D eigenvalue weighted by atomic mass is 16.5. The smallest absolute Gasteiger partial charge is 0.225 e. The molecule has 24 heavy (non-hydrogen) atoms. The van der Waals surface area contributed by atoms with E-state index in [-0.39, 0.29) is 6.10 Å². The van der Waals surface area contributed by atoms with Crippen molar-refractivity contribution in [2.75, 3.05) is 23.8 Å². The van der Waals surface area contributed by atoms with E-state index in [0.29, 0.717) is 12.0 Å². The minimum absolute atomic E-state index is 0.283. The van der Waals surface area contributed by atoms with Crippen LogP contribution in [-0.2, 0) is 4.74 Å². The summed E-state index contributed by atoms with van der Waals surface area (Å²) in [6.45, 7) is 5.94. The molecule has 5 heteroatoms. The van der Waals surface area contributed by atoms with Crippen LogP contribution < -0.4 is 10.6 Å². The summed E-state index contributed by atoms with van der Waals surface area (Å²) >= 11 is 0. The number of anilines is 2. The van der Waals surface area contributed by atoms with Crippen LogP contribution in [-0.4, -0.2) is 35.3 Å². The van der Waals surface area contributed by atoms with Gasteiger partial charge in [-0.05, 0) is 26.2 Å². The molecule has 0 aliphatic carbocycles. The van der Waals surface area contributed by atoms with Crippen molar-refractivity contribution in [2.45, 2.75) is 45.3 Å². The first-order valence-electron chi connectivity index (χ1n) is 8.81. The Bertz CT molecular complexity index is 641. The van der Waals surface area contributed by atoms with Crippen LogP contribution in [0.3, 0.4) is 0 Å². The van der Waals surface area contributed by atoms with Crippen molar-refractivity contribution in [2.24, 2.45) is 0 Å². The van der Waals surface area contributed by atoms with Gasteiger partial charge in [0.05, 0.1) is 11.8 Å². The molecule has 2 atom stereocenters. The van der Waals surface area contributed by atoms with E-state index < -0.39 is 0 Å². The lowest BCUT2D eigenvalue weighted by molar-refractivity contribution is 0.120. The number of aromatic nitrogens is 2. The van der Waals surface area contributed by atoms with E-state index in [1.807, 2.05) is 24.3 Å². The van der Waals surface area contributed by atoms with Crippen LogP contribution in [0.5, 0.6) is 0 Å². The molecular formula is C19H26N4O. The van der Waals surface area contributed by atoms with Crippen LogP contribution in [0, 0.1) is 0 Å². The Morgan fingerprint density at radius 2 is 2.08 bits per heavy atom. The second-order valence-corrected chi connectivity index (χ2v) is 6.30. The highest BCUT2D eigenvalue weighted by Gasteiger charge is 2.16. The van der Waals surface area contributed by atoms with Crippen molar-refractivity contribution in [3.05, 3.63) is 36.4 Å². The molecule has 1 aliphatic heterocycles. The maximum absolute atomic E-state index is 5.68. The van der Waals surface area contributed by atoms with E-state index in [4.69, 9.17) is 4.74 Å². The maximum Gasteiger partial charge on any atom is 0.225 e. The monoisotopic (exact) mass is 326 g/mol. The fourth-order valence-electron chi connectivity index (χ4n) is 2.71. The molecule has 0 spiro atoms. The van der Waals surface area contributed by atoms with Gasteiger partial charge in [0, 0.05) is 30.8 Å². The minimum atomic E-state index is 0.283. The summed E-state index contributed by atoms with van der Waals surface area (Å²) < 4.78 is 5.68. The Morgan fingerprint density at radius 3 is 2.79 bits per heavy atom. The maximum atomic E-state index is 5.68. The molecule has 5 nitrogen and oxygen atoms in total. The van der Waals surface area contributed by atoms with Crippen LogP contribution >= 0.6 is 0 Å². The average molecular weight is 326 g/mol. The molecule has 3 rings (SSSR count). The second kappa shape index (κ2) is 8.11. The third-order valence-electron chi connectivity index (χ3n) is 4.32.